The summed E-state index contributed by atoms with van der Waals surface area (Å²) in [5.41, 5.74) is 0.342. The van der Waals surface area contributed by atoms with Gasteiger partial charge in [0.1, 0.15) is 0 Å². The first kappa shape index (κ1) is 17.7. The summed E-state index contributed by atoms with van der Waals surface area (Å²) < 4.78 is 1.67. The average Bonchev–Trinajstić information content (AvgIpc) is 2.52. The SMILES string of the molecule is CC(=O)c1c(Sc2ccc(Br)cc2)[nH]c2c(Br)ccc(Cl)c2c1=O. The van der Waals surface area contributed by atoms with Gasteiger partial charge >= 0.3 is 0 Å². The molecule has 0 saturated carbocycles. The van der Waals surface area contributed by atoms with Crippen LogP contribution in [-0.4, -0.2) is 10.8 Å². The second kappa shape index (κ2) is 7.04. The van der Waals surface area contributed by atoms with Crippen LogP contribution in [0.2, 0.25) is 5.02 Å². The van der Waals surface area contributed by atoms with Crippen LogP contribution in [0, 0.1) is 0 Å². The van der Waals surface area contributed by atoms with Crippen molar-refractivity contribution in [3.8, 4) is 0 Å². The largest absolute Gasteiger partial charge is 0.348 e. The molecule has 0 saturated heterocycles. The highest BCUT2D eigenvalue weighted by Gasteiger charge is 2.19. The molecule has 1 aromatic heterocycles. The van der Waals surface area contributed by atoms with Crippen molar-refractivity contribution < 1.29 is 4.79 Å². The average molecular weight is 488 g/mol. The van der Waals surface area contributed by atoms with Crippen molar-refractivity contribution >= 4 is 71.9 Å². The van der Waals surface area contributed by atoms with E-state index in [1.165, 1.54) is 18.7 Å². The van der Waals surface area contributed by atoms with Crippen molar-refractivity contribution in [1.82, 2.24) is 4.98 Å². The molecule has 0 aliphatic heterocycles. The number of hydrogen-bond donors (Lipinski definition) is 1. The summed E-state index contributed by atoms with van der Waals surface area (Å²) in [6, 6.07) is 11.0. The maximum absolute atomic E-state index is 12.8. The van der Waals surface area contributed by atoms with Gasteiger partial charge in [-0.3, -0.25) is 9.59 Å². The van der Waals surface area contributed by atoms with Gasteiger partial charge in [0, 0.05) is 13.8 Å². The number of H-pyrrole nitrogens is 1. The topological polar surface area (TPSA) is 49.9 Å². The lowest BCUT2D eigenvalue weighted by molar-refractivity contribution is 0.101. The highest BCUT2D eigenvalue weighted by molar-refractivity contribution is 9.11. The minimum Gasteiger partial charge on any atom is -0.348 e. The highest BCUT2D eigenvalue weighted by atomic mass is 79.9. The number of halogens is 3. The van der Waals surface area contributed by atoms with Gasteiger partial charge in [-0.05, 0) is 59.3 Å². The second-order valence-electron chi connectivity index (χ2n) is 5.05. The Morgan fingerprint density at radius 1 is 1.12 bits per heavy atom. The molecule has 122 valence electrons. The fraction of sp³-hybridized carbons (Fsp3) is 0.0588. The number of carbonyl (C=O) groups excluding carboxylic acids is 1. The number of aromatic nitrogens is 1. The number of rotatable bonds is 3. The minimum absolute atomic E-state index is 0.121. The van der Waals surface area contributed by atoms with Crippen LogP contribution in [0.3, 0.4) is 0 Å². The summed E-state index contributed by atoms with van der Waals surface area (Å²) in [6.45, 7) is 1.38. The van der Waals surface area contributed by atoms with Crippen LogP contribution in [0.25, 0.3) is 10.9 Å². The van der Waals surface area contributed by atoms with Crippen LogP contribution >= 0.6 is 55.2 Å². The first-order valence-corrected chi connectivity index (χ1v) is 9.65. The number of pyridine rings is 1. The second-order valence-corrected chi connectivity index (χ2v) is 8.31. The number of carbonyl (C=O) groups is 1. The summed E-state index contributed by atoms with van der Waals surface area (Å²) in [7, 11) is 0. The number of benzene rings is 2. The molecule has 3 nitrogen and oxygen atoms in total. The molecule has 3 aromatic rings. The van der Waals surface area contributed by atoms with Gasteiger partial charge in [0.05, 0.1) is 26.5 Å². The molecule has 0 aliphatic carbocycles. The van der Waals surface area contributed by atoms with E-state index < -0.39 is 0 Å². The molecule has 2 aromatic carbocycles. The fourth-order valence-corrected chi connectivity index (χ4v) is 4.25. The molecule has 0 amide bonds. The predicted molar refractivity (Wildman–Crippen MR) is 106 cm³/mol. The van der Waals surface area contributed by atoms with E-state index in [4.69, 9.17) is 11.6 Å². The molecule has 0 atom stereocenters. The Balaban J connectivity index is 2.28. The van der Waals surface area contributed by atoms with Gasteiger partial charge in [0.25, 0.3) is 0 Å². The molecule has 0 unspecified atom stereocenters. The smallest absolute Gasteiger partial charge is 0.202 e. The van der Waals surface area contributed by atoms with Gasteiger partial charge < -0.3 is 4.98 Å². The van der Waals surface area contributed by atoms with E-state index in [9.17, 15) is 9.59 Å². The van der Waals surface area contributed by atoms with E-state index >= 15 is 0 Å². The maximum atomic E-state index is 12.8. The third-order valence-electron chi connectivity index (χ3n) is 3.41. The number of fused-ring (bicyclic) bond motifs is 1. The first-order chi connectivity index (χ1) is 11.4. The Hall–Kier alpha value is -1.08. The molecule has 0 aliphatic rings. The number of aromatic amines is 1. The fourth-order valence-electron chi connectivity index (χ4n) is 2.32. The molecule has 0 spiro atoms. The molecular weight excluding hydrogens is 478 g/mol. The molecule has 7 heteroatoms. The highest BCUT2D eigenvalue weighted by Crippen LogP contribution is 2.33. The minimum atomic E-state index is -0.359. The zero-order valence-corrected chi connectivity index (χ0v) is 17.1. The van der Waals surface area contributed by atoms with E-state index in [1.807, 2.05) is 24.3 Å². The molecule has 24 heavy (non-hydrogen) atoms. The van der Waals surface area contributed by atoms with Crippen LogP contribution in [0.15, 0.2) is 60.1 Å². The van der Waals surface area contributed by atoms with Crippen molar-refractivity contribution in [2.24, 2.45) is 0 Å². The van der Waals surface area contributed by atoms with Crippen LogP contribution < -0.4 is 5.43 Å². The monoisotopic (exact) mass is 485 g/mol. The van der Waals surface area contributed by atoms with Gasteiger partial charge in [-0.25, -0.2) is 0 Å². The van der Waals surface area contributed by atoms with Crippen molar-refractivity contribution in [3.63, 3.8) is 0 Å². The molecule has 1 heterocycles. The molecule has 1 N–H and O–H groups in total. The van der Waals surface area contributed by atoms with Gasteiger partial charge in [0.2, 0.25) is 5.43 Å². The van der Waals surface area contributed by atoms with Crippen LogP contribution in [0.4, 0.5) is 0 Å². The van der Waals surface area contributed by atoms with E-state index in [2.05, 4.69) is 36.8 Å². The van der Waals surface area contributed by atoms with Gasteiger partial charge in [-0.1, -0.05) is 39.3 Å². The number of nitrogens with one attached hydrogen (secondary N) is 1. The van der Waals surface area contributed by atoms with E-state index in [0.717, 1.165) is 9.37 Å². The van der Waals surface area contributed by atoms with Crippen molar-refractivity contribution in [2.45, 2.75) is 16.8 Å². The Morgan fingerprint density at radius 3 is 2.42 bits per heavy atom. The molecule has 3 rings (SSSR count). The summed E-state index contributed by atoms with van der Waals surface area (Å²) in [6.07, 6.45) is 0. The Morgan fingerprint density at radius 2 is 1.79 bits per heavy atom. The quantitative estimate of drug-likeness (QED) is 0.457. The number of ketones is 1. The third kappa shape index (κ3) is 3.33. The molecule has 0 radical (unpaired) electrons. The summed E-state index contributed by atoms with van der Waals surface area (Å²) >= 11 is 14.3. The first-order valence-electron chi connectivity index (χ1n) is 6.87. The van der Waals surface area contributed by atoms with Gasteiger partial charge in [0.15, 0.2) is 5.78 Å². The standard InChI is InChI=1S/C17H10Br2ClNO2S/c1-8(22)13-16(23)14-12(20)7-6-11(19)15(14)21-17(13)24-10-4-2-9(18)3-5-10/h2-7H,1H3,(H,21,23). The lowest BCUT2D eigenvalue weighted by Gasteiger charge is -2.11. The van der Waals surface area contributed by atoms with Crippen LogP contribution in [0.5, 0.6) is 0 Å². The van der Waals surface area contributed by atoms with Crippen molar-refractivity contribution in [3.05, 3.63) is 66.2 Å². The predicted octanol–water partition coefficient (Wildman–Crippen LogP) is 6.06. The van der Waals surface area contributed by atoms with E-state index in [0.29, 0.717) is 25.4 Å². The van der Waals surface area contributed by atoms with E-state index in [1.54, 1.807) is 12.1 Å². The molecule has 0 fully saturated rings. The van der Waals surface area contributed by atoms with Crippen LogP contribution in [-0.2, 0) is 0 Å². The summed E-state index contributed by atoms with van der Waals surface area (Å²) in [5.74, 6) is -0.297. The Bertz CT molecular complexity index is 1020. The Labute approximate surface area is 164 Å². The molecular formula is C17H10Br2ClNO2S. The zero-order chi connectivity index (χ0) is 17.4. The third-order valence-corrected chi connectivity index (χ3v) is 5.93. The van der Waals surface area contributed by atoms with Crippen LogP contribution in [0.1, 0.15) is 17.3 Å². The summed E-state index contributed by atoms with van der Waals surface area (Å²) in [4.78, 5) is 29.0. The van der Waals surface area contributed by atoms with Crippen molar-refractivity contribution in [1.29, 1.82) is 0 Å². The summed E-state index contributed by atoms with van der Waals surface area (Å²) in [5, 5.41) is 1.14. The van der Waals surface area contributed by atoms with E-state index in [-0.39, 0.29) is 16.8 Å². The lowest BCUT2D eigenvalue weighted by Crippen LogP contribution is -2.16. The van der Waals surface area contributed by atoms with Crippen molar-refractivity contribution in [2.75, 3.05) is 0 Å². The normalized spacial score (nSPS) is 11.0. The zero-order valence-electron chi connectivity index (χ0n) is 12.3. The lowest BCUT2D eigenvalue weighted by atomic mass is 10.1. The molecule has 0 bridgehead atoms. The van der Waals surface area contributed by atoms with Gasteiger partial charge in [-0.2, -0.15) is 0 Å². The number of hydrogen-bond acceptors (Lipinski definition) is 3. The maximum Gasteiger partial charge on any atom is 0.202 e. The van der Waals surface area contributed by atoms with Gasteiger partial charge in [-0.15, -0.1) is 0 Å². The Kier molecular flexibility index (Phi) is 5.20. The number of Topliss-reactive ketones (excluding diaryl/α,β-unsaturated/α-hetero) is 1.